The Morgan fingerprint density at radius 1 is 1.07 bits per heavy atom. The Bertz CT molecular complexity index is 607. The van der Waals surface area contributed by atoms with E-state index >= 15 is 0 Å². The van der Waals surface area contributed by atoms with Crippen LogP contribution < -0.4 is 21.1 Å². The maximum atomic E-state index is 6.58. The zero-order valence-electron chi connectivity index (χ0n) is 18.2. The van der Waals surface area contributed by atoms with Crippen LogP contribution in [0.2, 0.25) is 0 Å². The molecule has 6 heteroatoms. The summed E-state index contributed by atoms with van der Waals surface area (Å²) < 4.78 is 11.4. The summed E-state index contributed by atoms with van der Waals surface area (Å²) in [7, 11) is 0. The SMILES string of the molecule is CCCCCCC(N)CN(N)[C@@H](Cc1ccc2c(c1)OCCO2)CN1CCCC1. The van der Waals surface area contributed by atoms with Crippen molar-refractivity contribution < 1.29 is 9.47 Å². The van der Waals surface area contributed by atoms with Gasteiger partial charge in [-0.05, 0) is 56.5 Å². The van der Waals surface area contributed by atoms with E-state index in [4.69, 9.17) is 21.1 Å². The van der Waals surface area contributed by atoms with Gasteiger partial charge in [0.2, 0.25) is 0 Å². The number of nitrogens with zero attached hydrogens (tertiary/aromatic N) is 2. The maximum absolute atomic E-state index is 6.58. The quantitative estimate of drug-likeness (QED) is 0.317. The lowest BCUT2D eigenvalue weighted by atomic mass is 10.0. The molecule has 2 aliphatic heterocycles. The number of ether oxygens (including phenoxy) is 2. The van der Waals surface area contributed by atoms with E-state index in [1.807, 2.05) is 11.1 Å². The van der Waals surface area contributed by atoms with Gasteiger partial charge in [0.25, 0.3) is 0 Å². The van der Waals surface area contributed by atoms with E-state index in [2.05, 4.69) is 24.0 Å². The third kappa shape index (κ3) is 7.14. The van der Waals surface area contributed by atoms with Crippen LogP contribution in [-0.4, -0.2) is 61.4 Å². The molecule has 1 fully saturated rings. The summed E-state index contributed by atoms with van der Waals surface area (Å²) in [5.74, 6) is 8.28. The molecule has 1 aromatic carbocycles. The van der Waals surface area contributed by atoms with Gasteiger partial charge in [-0.3, -0.25) is 5.84 Å². The van der Waals surface area contributed by atoms with E-state index in [0.29, 0.717) is 13.2 Å². The second kappa shape index (κ2) is 11.7. The van der Waals surface area contributed by atoms with Gasteiger partial charge < -0.3 is 20.1 Å². The Kier molecular flexibility index (Phi) is 9.05. The largest absolute Gasteiger partial charge is 0.486 e. The summed E-state index contributed by atoms with van der Waals surface area (Å²) in [4.78, 5) is 2.54. The predicted octanol–water partition coefficient (Wildman–Crippen LogP) is 2.94. The Morgan fingerprint density at radius 3 is 2.59 bits per heavy atom. The molecule has 0 aliphatic carbocycles. The van der Waals surface area contributed by atoms with E-state index in [-0.39, 0.29) is 12.1 Å². The first kappa shape index (κ1) is 22.3. The lowest BCUT2D eigenvalue weighted by Gasteiger charge is -2.33. The van der Waals surface area contributed by atoms with Crippen LogP contribution in [0.3, 0.4) is 0 Å². The molecule has 2 atom stereocenters. The molecule has 0 aromatic heterocycles. The summed E-state index contributed by atoms with van der Waals surface area (Å²) in [6.45, 7) is 7.56. The molecule has 0 saturated carbocycles. The molecule has 164 valence electrons. The van der Waals surface area contributed by atoms with Crippen molar-refractivity contribution in [2.45, 2.75) is 70.4 Å². The van der Waals surface area contributed by atoms with E-state index < -0.39 is 0 Å². The summed E-state index contributed by atoms with van der Waals surface area (Å²) in [5.41, 5.74) is 7.66. The number of benzene rings is 1. The minimum atomic E-state index is 0.137. The number of likely N-dealkylation sites (tertiary alicyclic amines) is 1. The lowest BCUT2D eigenvalue weighted by molar-refractivity contribution is 0.141. The van der Waals surface area contributed by atoms with E-state index in [1.54, 1.807) is 0 Å². The number of hydrogen-bond acceptors (Lipinski definition) is 6. The number of nitrogens with two attached hydrogens (primary N) is 2. The first-order valence-corrected chi connectivity index (χ1v) is 11.5. The van der Waals surface area contributed by atoms with E-state index in [1.165, 1.54) is 57.2 Å². The Morgan fingerprint density at radius 2 is 1.83 bits per heavy atom. The second-order valence-electron chi connectivity index (χ2n) is 8.65. The number of hydrazine groups is 1. The second-order valence-corrected chi connectivity index (χ2v) is 8.65. The van der Waals surface area contributed by atoms with Gasteiger partial charge >= 0.3 is 0 Å². The van der Waals surface area contributed by atoms with Gasteiger partial charge in [0.1, 0.15) is 13.2 Å². The van der Waals surface area contributed by atoms with Crippen LogP contribution in [0, 0.1) is 0 Å². The number of unbranched alkanes of at least 4 members (excludes halogenated alkanes) is 3. The van der Waals surface area contributed by atoms with Crippen molar-refractivity contribution in [3.05, 3.63) is 23.8 Å². The molecule has 1 aromatic rings. The number of rotatable bonds is 12. The van der Waals surface area contributed by atoms with Gasteiger partial charge in [-0.1, -0.05) is 38.7 Å². The highest BCUT2D eigenvalue weighted by molar-refractivity contribution is 5.44. The normalized spacial score (nSPS) is 18.9. The van der Waals surface area contributed by atoms with Crippen LogP contribution in [0.1, 0.15) is 57.4 Å². The third-order valence-electron chi connectivity index (χ3n) is 6.09. The molecule has 1 saturated heterocycles. The van der Waals surface area contributed by atoms with Gasteiger partial charge in [0.15, 0.2) is 11.5 Å². The van der Waals surface area contributed by atoms with Crippen molar-refractivity contribution in [1.82, 2.24) is 9.91 Å². The van der Waals surface area contributed by atoms with Crippen molar-refractivity contribution in [1.29, 1.82) is 0 Å². The summed E-state index contributed by atoms with van der Waals surface area (Å²) >= 11 is 0. The van der Waals surface area contributed by atoms with E-state index in [0.717, 1.165) is 37.4 Å². The zero-order valence-corrected chi connectivity index (χ0v) is 18.2. The predicted molar refractivity (Wildman–Crippen MR) is 118 cm³/mol. The molecule has 0 bridgehead atoms. The fourth-order valence-electron chi connectivity index (χ4n) is 4.38. The van der Waals surface area contributed by atoms with Crippen molar-refractivity contribution in [3.63, 3.8) is 0 Å². The average molecular weight is 405 g/mol. The third-order valence-corrected chi connectivity index (χ3v) is 6.09. The molecule has 0 radical (unpaired) electrons. The van der Waals surface area contributed by atoms with Crippen molar-refractivity contribution in [2.24, 2.45) is 11.6 Å². The number of hydrogen-bond donors (Lipinski definition) is 2. The average Bonchev–Trinajstić information content (AvgIpc) is 3.24. The molecule has 6 nitrogen and oxygen atoms in total. The van der Waals surface area contributed by atoms with Crippen LogP contribution in [-0.2, 0) is 6.42 Å². The minimum absolute atomic E-state index is 0.137. The summed E-state index contributed by atoms with van der Waals surface area (Å²) in [6.07, 6.45) is 9.54. The molecule has 2 heterocycles. The molecule has 0 spiro atoms. The first-order valence-electron chi connectivity index (χ1n) is 11.5. The van der Waals surface area contributed by atoms with Gasteiger partial charge in [0, 0.05) is 25.2 Å². The number of fused-ring (bicyclic) bond motifs is 1. The summed E-state index contributed by atoms with van der Waals surface area (Å²) in [6, 6.07) is 6.67. The molecule has 3 rings (SSSR count). The molecule has 1 unspecified atom stereocenters. The zero-order chi connectivity index (χ0) is 20.5. The maximum Gasteiger partial charge on any atom is 0.161 e. The Labute approximate surface area is 176 Å². The van der Waals surface area contributed by atoms with Crippen LogP contribution in [0.15, 0.2) is 18.2 Å². The first-order chi connectivity index (χ1) is 14.2. The van der Waals surface area contributed by atoms with Crippen molar-refractivity contribution >= 4 is 0 Å². The lowest BCUT2D eigenvalue weighted by Crippen LogP contribution is -2.52. The highest BCUT2D eigenvalue weighted by atomic mass is 16.6. The van der Waals surface area contributed by atoms with Crippen LogP contribution in [0.25, 0.3) is 0 Å². The van der Waals surface area contributed by atoms with Gasteiger partial charge in [-0.2, -0.15) is 0 Å². The molecular formula is C23H40N4O2. The standard InChI is InChI=1S/C23H40N4O2/c1-2-3-4-5-8-20(24)17-27(25)21(18-26-11-6-7-12-26)15-19-9-10-22-23(16-19)29-14-13-28-22/h9-10,16,20-21H,2-8,11-15,17-18,24-25H2,1H3/t20?,21-/m0/s1. The highest BCUT2D eigenvalue weighted by Gasteiger charge is 2.24. The molecule has 0 amide bonds. The monoisotopic (exact) mass is 404 g/mol. The fraction of sp³-hybridized carbons (Fsp3) is 0.739. The van der Waals surface area contributed by atoms with Crippen LogP contribution >= 0.6 is 0 Å². The molecule has 29 heavy (non-hydrogen) atoms. The van der Waals surface area contributed by atoms with Gasteiger partial charge in [-0.15, -0.1) is 0 Å². The van der Waals surface area contributed by atoms with Crippen molar-refractivity contribution in [3.8, 4) is 11.5 Å². The van der Waals surface area contributed by atoms with Crippen molar-refractivity contribution in [2.75, 3.05) is 39.4 Å². The van der Waals surface area contributed by atoms with Crippen LogP contribution in [0.4, 0.5) is 0 Å². The molecule has 2 aliphatic rings. The smallest absolute Gasteiger partial charge is 0.161 e. The van der Waals surface area contributed by atoms with Gasteiger partial charge in [-0.25, -0.2) is 5.01 Å². The van der Waals surface area contributed by atoms with Gasteiger partial charge in [0.05, 0.1) is 0 Å². The molecular weight excluding hydrogens is 364 g/mol. The Balaban J connectivity index is 1.59. The fourth-order valence-corrected chi connectivity index (χ4v) is 4.38. The summed E-state index contributed by atoms with van der Waals surface area (Å²) in [5, 5.41) is 2.00. The highest BCUT2D eigenvalue weighted by Crippen LogP contribution is 2.31. The van der Waals surface area contributed by atoms with E-state index in [9.17, 15) is 0 Å². The Hall–Kier alpha value is -1.34. The topological polar surface area (TPSA) is 77.0 Å². The van der Waals surface area contributed by atoms with Crippen LogP contribution in [0.5, 0.6) is 11.5 Å². The minimum Gasteiger partial charge on any atom is -0.486 e. The molecule has 4 N–H and O–H groups in total.